The van der Waals surface area contributed by atoms with Crippen molar-refractivity contribution in [3.8, 4) is 0 Å². The van der Waals surface area contributed by atoms with Crippen LogP contribution in [0.1, 0.15) is 47.0 Å². The van der Waals surface area contributed by atoms with E-state index >= 15 is 0 Å². The molecule has 0 aromatic rings. The molecule has 0 heterocycles. The van der Waals surface area contributed by atoms with Crippen LogP contribution in [-0.2, 0) is 0 Å². The standard InChI is InChI=1S/C13H26O3/c1-8(14)5-6-10-9(2)12(16)11(15)7-13(10,3)4/h8-12,14-16H,5-7H2,1-4H3/t8-,9-,10-,11-,12-/m0/s1. The third kappa shape index (κ3) is 2.96. The van der Waals surface area contributed by atoms with Crippen LogP contribution in [0.2, 0.25) is 0 Å². The first kappa shape index (κ1) is 13.9. The molecular formula is C13H26O3. The first-order chi connectivity index (χ1) is 7.25. The number of hydrogen-bond acceptors (Lipinski definition) is 3. The van der Waals surface area contributed by atoms with Crippen LogP contribution in [-0.4, -0.2) is 33.6 Å². The van der Waals surface area contributed by atoms with Gasteiger partial charge in [-0.3, -0.25) is 0 Å². The Bertz CT molecular complexity index is 225. The molecule has 1 rings (SSSR count). The van der Waals surface area contributed by atoms with E-state index < -0.39 is 12.2 Å². The molecule has 0 unspecified atom stereocenters. The van der Waals surface area contributed by atoms with Crippen molar-refractivity contribution in [1.82, 2.24) is 0 Å². The second kappa shape index (κ2) is 5.03. The van der Waals surface area contributed by atoms with Gasteiger partial charge in [0.25, 0.3) is 0 Å². The lowest BCUT2D eigenvalue weighted by atomic mass is 9.60. The van der Waals surface area contributed by atoms with Gasteiger partial charge in [-0.15, -0.1) is 0 Å². The van der Waals surface area contributed by atoms with Gasteiger partial charge in [-0.25, -0.2) is 0 Å². The van der Waals surface area contributed by atoms with Gasteiger partial charge in [-0.1, -0.05) is 20.8 Å². The molecule has 3 N–H and O–H groups in total. The van der Waals surface area contributed by atoms with Gasteiger partial charge in [-0.05, 0) is 43.4 Å². The Labute approximate surface area is 98.5 Å². The van der Waals surface area contributed by atoms with Crippen LogP contribution in [0.5, 0.6) is 0 Å². The normalized spacial score (nSPS) is 40.7. The summed E-state index contributed by atoms with van der Waals surface area (Å²) in [4.78, 5) is 0. The first-order valence-corrected chi connectivity index (χ1v) is 6.30. The highest BCUT2D eigenvalue weighted by Gasteiger charge is 2.45. The molecule has 0 spiro atoms. The zero-order chi connectivity index (χ0) is 12.5. The molecule has 0 saturated heterocycles. The van der Waals surface area contributed by atoms with Gasteiger partial charge in [0, 0.05) is 0 Å². The molecule has 3 heteroatoms. The largest absolute Gasteiger partial charge is 0.393 e. The van der Waals surface area contributed by atoms with Gasteiger partial charge in [0.15, 0.2) is 0 Å². The lowest BCUT2D eigenvalue weighted by Gasteiger charge is -2.48. The predicted octanol–water partition coefficient (Wildman–Crippen LogP) is 1.55. The molecule has 0 amide bonds. The fraction of sp³-hybridized carbons (Fsp3) is 1.00. The van der Waals surface area contributed by atoms with Crippen LogP contribution in [0.15, 0.2) is 0 Å². The number of aliphatic hydroxyl groups is 3. The Kier molecular flexibility index (Phi) is 4.38. The summed E-state index contributed by atoms with van der Waals surface area (Å²) in [6, 6.07) is 0. The average molecular weight is 230 g/mol. The van der Waals surface area contributed by atoms with Gasteiger partial charge >= 0.3 is 0 Å². The molecule has 1 aliphatic carbocycles. The summed E-state index contributed by atoms with van der Waals surface area (Å²) < 4.78 is 0. The van der Waals surface area contributed by atoms with E-state index in [1.54, 1.807) is 6.92 Å². The highest BCUT2D eigenvalue weighted by Crippen LogP contribution is 2.46. The van der Waals surface area contributed by atoms with Gasteiger partial charge in [0.1, 0.15) is 0 Å². The Hall–Kier alpha value is -0.120. The molecule has 96 valence electrons. The van der Waals surface area contributed by atoms with Gasteiger partial charge in [0.05, 0.1) is 18.3 Å². The molecule has 0 bridgehead atoms. The Morgan fingerprint density at radius 3 is 2.38 bits per heavy atom. The van der Waals surface area contributed by atoms with Crippen molar-refractivity contribution >= 4 is 0 Å². The molecule has 0 aromatic carbocycles. The second-order valence-electron chi connectivity index (χ2n) is 6.14. The van der Waals surface area contributed by atoms with Crippen LogP contribution in [0.4, 0.5) is 0 Å². The number of rotatable bonds is 3. The molecule has 0 aliphatic heterocycles. The summed E-state index contributed by atoms with van der Waals surface area (Å²) in [6.45, 7) is 8.09. The molecule has 0 aromatic heterocycles. The van der Waals surface area contributed by atoms with E-state index in [2.05, 4.69) is 13.8 Å². The minimum Gasteiger partial charge on any atom is -0.393 e. The molecule has 1 aliphatic rings. The lowest BCUT2D eigenvalue weighted by molar-refractivity contribution is -0.113. The van der Waals surface area contributed by atoms with E-state index in [1.807, 2.05) is 6.92 Å². The maximum absolute atomic E-state index is 9.90. The Morgan fingerprint density at radius 2 is 1.88 bits per heavy atom. The monoisotopic (exact) mass is 230 g/mol. The first-order valence-electron chi connectivity index (χ1n) is 6.30. The maximum atomic E-state index is 9.90. The van der Waals surface area contributed by atoms with E-state index in [-0.39, 0.29) is 17.4 Å². The summed E-state index contributed by atoms with van der Waals surface area (Å²) in [5.74, 6) is 0.456. The zero-order valence-corrected chi connectivity index (χ0v) is 10.8. The smallest absolute Gasteiger partial charge is 0.0827 e. The quantitative estimate of drug-likeness (QED) is 0.689. The van der Waals surface area contributed by atoms with E-state index in [4.69, 9.17) is 0 Å². The maximum Gasteiger partial charge on any atom is 0.0827 e. The summed E-state index contributed by atoms with van der Waals surface area (Å²) in [6.07, 6.45) is 0.812. The highest BCUT2D eigenvalue weighted by atomic mass is 16.3. The second-order valence-corrected chi connectivity index (χ2v) is 6.14. The van der Waals surface area contributed by atoms with Crippen molar-refractivity contribution in [1.29, 1.82) is 0 Å². The highest BCUT2D eigenvalue weighted by molar-refractivity contribution is 4.95. The predicted molar refractivity (Wildman–Crippen MR) is 64.0 cm³/mol. The van der Waals surface area contributed by atoms with E-state index in [1.165, 1.54) is 0 Å². The molecular weight excluding hydrogens is 204 g/mol. The van der Waals surface area contributed by atoms with Crippen molar-refractivity contribution in [2.45, 2.75) is 65.3 Å². The van der Waals surface area contributed by atoms with Crippen LogP contribution in [0, 0.1) is 17.3 Å². The van der Waals surface area contributed by atoms with Crippen molar-refractivity contribution in [2.24, 2.45) is 17.3 Å². The van der Waals surface area contributed by atoms with E-state index in [0.29, 0.717) is 12.3 Å². The number of aliphatic hydroxyl groups excluding tert-OH is 3. The van der Waals surface area contributed by atoms with Gasteiger partial charge in [-0.2, -0.15) is 0 Å². The summed E-state index contributed by atoms with van der Waals surface area (Å²) in [5.41, 5.74) is 0.0347. The fourth-order valence-electron chi connectivity index (χ4n) is 3.19. The SMILES string of the molecule is C[C@@H]1[C@H](O)[C@@H](O)CC(C)(C)[C@H]1CC[C@H](C)O. The van der Waals surface area contributed by atoms with Crippen LogP contribution < -0.4 is 0 Å². The lowest BCUT2D eigenvalue weighted by Crippen LogP contribution is -2.49. The zero-order valence-electron chi connectivity index (χ0n) is 10.8. The van der Waals surface area contributed by atoms with Crippen LogP contribution in [0.3, 0.4) is 0 Å². The van der Waals surface area contributed by atoms with Crippen LogP contribution >= 0.6 is 0 Å². The van der Waals surface area contributed by atoms with Crippen molar-refractivity contribution in [2.75, 3.05) is 0 Å². The van der Waals surface area contributed by atoms with Crippen molar-refractivity contribution in [3.05, 3.63) is 0 Å². The minimum atomic E-state index is -0.618. The Morgan fingerprint density at radius 1 is 1.31 bits per heavy atom. The average Bonchev–Trinajstić information content (AvgIpc) is 2.12. The fourth-order valence-corrected chi connectivity index (χ4v) is 3.19. The topological polar surface area (TPSA) is 60.7 Å². The van der Waals surface area contributed by atoms with Crippen LogP contribution in [0.25, 0.3) is 0 Å². The molecule has 3 nitrogen and oxygen atoms in total. The number of hydrogen-bond donors (Lipinski definition) is 3. The molecule has 1 saturated carbocycles. The van der Waals surface area contributed by atoms with Gasteiger partial charge in [0.2, 0.25) is 0 Å². The summed E-state index contributed by atoms with van der Waals surface area (Å²) in [7, 11) is 0. The third-order valence-corrected chi connectivity index (χ3v) is 4.20. The Balaban J connectivity index is 2.70. The molecule has 1 fully saturated rings. The molecule has 16 heavy (non-hydrogen) atoms. The minimum absolute atomic E-state index is 0.0347. The third-order valence-electron chi connectivity index (χ3n) is 4.20. The van der Waals surface area contributed by atoms with Crippen molar-refractivity contribution < 1.29 is 15.3 Å². The van der Waals surface area contributed by atoms with Gasteiger partial charge < -0.3 is 15.3 Å². The molecule has 0 radical (unpaired) electrons. The van der Waals surface area contributed by atoms with E-state index in [9.17, 15) is 15.3 Å². The van der Waals surface area contributed by atoms with Crippen molar-refractivity contribution in [3.63, 3.8) is 0 Å². The van der Waals surface area contributed by atoms with E-state index in [0.717, 1.165) is 12.8 Å². The summed E-state index contributed by atoms with van der Waals surface area (Å²) in [5, 5.41) is 29.0. The molecule has 5 atom stereocenters. The summed E-state index contributed by atoms with van der Waals surface area (Å²) >= 11 is 0.